The quantitative estimate of drug-likeness (QED) is 0.612. The molecule has 0 aromatic heterocycles. The number of hydrogen-bond acceptors (Lipinski definition) is 4. The van der Waals surface area contributed by atoms with Gasteiger partial charge >= 0.3 is 6.16 Å². The van der Waals surface area contributed by atoms with Crippen molar-refractivity contribution in [1.82, 2.24) is 5.32 Å². The third-order valence-corrected chi connectivity index (χ3v) is 1.50. The van der Waals surface area contributed by atoms with Crippen molar-refractivity contribution in [1.29, 1.82) is 0 Å². The molecule has 12 heavy (non-hydrogen) atoms. The Hall–Kier alpha value is -1.26. The largest absolute Gasteiger partial charge is 0.508 e. The van der Waals surface area contributed by atoms with Crippen molar-refractivity contribution < 1.29 is 19.1 Å². The van der Waals surface area contributed by atoms with Crippen LogP contribution < -0.4 is 5.32 Å². The number of hydrogen-bond donors (Lipinski definition) is 1. The minimum Gasteiger partial charge on any atom is -0.430 e. The first kappa shape index (κ1) is 8.83. The van der Waals surface area contributed by atoms with Gasteiger partial charge in [-0.2, -0.15) is 0 Å². The van der Waals surface area contributed by atoms with Gasteiger partial charge < -0.3 is 14.8 Å². The number of cyclic esters (lactones) is 2. The summed E-state index contributed by atoms with van der Waals surface area (Å²) in [6.45, 7) is 2.31. The van der Waals surface area contributed by atoms with Crippen molar-refractivity contribution in [2.24, 2.45) is 0 Å². The highest BCUT2D eigenvalue weighted by atomic mass is 16.8. The van der Waals surface area contributed by atoms with Crippen LogP contribution in [0.4, 0.5) is 4.79 Å². The first-order chi connectivity index (χ1) is 5.72. The number of ether oxygens (including phenoxy) is 2. The van der Waals surface area contributed by atoms with Gasteiger partial charge in [0, 0.05) is 6.42 Å². The minimum absolute atomic E-state index is 0.0575. The molecule has 1 heterocycles. The summed E-state index contributed by atoms with van der Waals surface area (Å²) in [6.07, 6.45) is -0.555. The fraction of sp³-hybridized carbons (Fsp3) is 0.714. The lowest BCUT2D eigenvalue weighted by Crippen LogP contribution is -2.32. The van der Waals surface area contributed by atoms with E-state index in [-0.39, 0.29) is 18.6 Å². The van der Waals surface area contributed by atoms with Gasteiger partial charge in [-0.3, -0.25) is 4.79 Å². The highest BCUT2D eigenvalue weighted by Crippen LogP contribution is 2.04. The number of rotatable bonds is 3. The number of nitrogens with one attached hydrogen (secondary N) is 1. The van der Waals surface area contributed by atoms with Crippen LogP contribution in [-0.2, 0) is 14.3 Å². The van der Waals surface area contributed by atoms with Crippen molar-refractivity contribution >= 4 is 12.1 Å². The molecule has 0 radical (unpaired) electrons. The molecule has 5 nitrogen and oxygen atoms in total. The fourth-order valence-electron chi connectivity index (χ4n) is 0.818. The fourth-order valence-corrected chi connectivity index (χ4v) is 0.818. The highest BCUT2D eigenvalue weighted by molar-refractivity contribution is 5.75. The Balaban J connectivity index is 2.16. The maximum Gasteiger partial charge on any atom is 0.508 e. The van der Waals surface area contributed by atoms with Crippen LogP contribution in [0.2, 0.25) is 0 Å². The van der Waals surface area contributed by atoms with Crippen LogP contribution in [0.25, 0.3) is 0 Å². The Bertz CT molecular complexity index is 192. The predicted molar refractivity (Wildman–Crippen MR) is 39.5 cm³/mol. The lowest BCUT2D eigenvalue weighted by Gasteiger charge is -2.06. The molecule has 0 spiro atoms. The average molecular weight is 173 g/mol. The van der Waals surface area contributed by atoms with Crippen LogP contribution in [-0.4, -0.2) is 31.3 Å². The lowest BCUT2D eigenvalue weighted by atomic mass is 10.3. The van der Waals surface area contributed by atoms with E-state index in [1.165, 1.54) is 0 Å². The molecule has 1 aliphatic rings. The molecule has 1 N–H and O–H groups in total. The van der Waals surface area contributed by atoms with E-state index in [1.54, 1.807) is 6.92 Å². The van der Waals surface area contributed by atoms with E-state index in [0.717, 1.165) is 0 Å². The normalized spacial score (nSPS) is 21.4. The van der Waals surface area contributed by atoms with E-state index < -0.39 is 6.16 Å². The van der Waals surface area contributed by atoms with Gasteiger partial charge in [0.2, 0.25) is 5.91 Å². The van der Waals surface area contributed by atoms with Crippen molar-refractivity contribution in [3.8, 4) is 0 Å². The number of amides is 1. The van der Waals surface area contributed by atoms with Crippen LogP contribution in [0.5, 0.6) is 0 Å². The molecule has 1 saturated heterocycles. The van der Waals surface area contributed by atoms with E-state index in [0.29, 0.717) is 13.0 Å². The molecule has 1 fully saturated rings. The molecule has 0 aliphatic carbocycles. The van der Waals surface area contributed by atoms with Crippen LogP contribution >= 0.6 is 0 Å². The molecule has 0 aromatic carbocycles. The summed E-state index contributed by atoms with van der Waals surface area (Å²) >= 11 is 0. The van der Waals surface area contributed by atoms with Crippen LogP contribution in [0, 0.1) is 0 Å². The SMILES string of the molecule is CCC(=O)NCC1COC(=O)O1. The lowest BCUT2D eigenvalue weighted by molar-refractivity contribution is -0.121. The van der Waals surface area contributed by atoms with E-state index in [4.69, 9.17) is 0 Å². The summed E-state index contributed by atoms with van der Waals surface area (Å²) in [5, 5.41) is 2.60. The summed E-state index contributed by atoms with van der Waals surface area (Å²) in [7, 11) is 0. The second kappa shape index (κ2) is 3.94. The second-order valence-corrected chi connectivity index (χ2v) is 2.46. The third-order valence-electron chi connectivity index (χ3n) is 1.50. The van der Waals surface area contributed by atoms with E-state index in [1.807, 2.05) is 0 Å². The molecule has 1 atom stereocenters. The molecule has 0 bridgehead atoms. The topological polar surface area (TPSA) is 64.6 Å². The van der Waals surface area contributed by atoms with Crippen molar-refractivity contribution in [3.05, 3.63) is 0 Å². The number of carbonyl (C=O) groups is 2. The van der Waals surface area contributed by atoms with Gasteiger partial charge in [0.05, 0.1) is 6.54 Å². The molecule has 1 amide bonds. The number of carbonyl (C=O) groups excluding carboxylic acids is 2. The zero-order valence-electron chi connectivity index (χ0n) is 6.83. The van der Waals surface area contributed by atoms with Crippen LogP contribution in [0.3, 0.4) is 0 Å². The standard InChI is InChI=1S/C7H11NO4/c1-2-6(9)8-3-5-4-11-7(10)12-5/h5H,2-4H2,1H3,(H,8,9). The zero-order chi connectivity index (χ0) is 8.97. The molecule has 1 aliphatic heterocycles. The molecule has 0 saturated carbocycles. The van der Waals surface area contributed by atoms with Gasteiger partial charge in [-0.1, -0.05) is 6.92 Å². The molecule has 1 unspecified atom stereocenters. The molecule has 1 rings (SSSR count). The summed E-state index contributed by atoms with van der Waals surface area (Å²) in [6, 6.07) is 0. The molecule has 0 aromatic rings. The Morgan fingerprint density at radius 3 is 3.00 bits per heavy atom. The Kier molecular flexibility index (Phi) is 2.90. The summed E-state index contributed by atoms with van der Waals surface area (Å²) in [5.74, 6) is -0.0575. The second-order valence-electron chi connectivity index (χ2n) is 2.46. The van der Waals surface area contributed by atoms with Gasteiger partial charge in [0.15, 0.2) is 6.10 Å². The molecular formula is C7H11NO4. The molecular weight excluding hydrogens is 162 g/mol. The van der Waals surface area contributed by atoms with E-state index in [2.05, 4.69) is 14.8 Å². The summed E-state index contributed by atoms with van der Waals surface area (Å²) < 4.78 is 9.20. The van der Waals surface area contributed by atoms with Crippen molar-refractivity contribution in [2.45, 2.75) is 19.4 Å². The van der Waals surface area contributed by atoms with Gasteiger partial charge in [-0.15, -0.1) is 0 Å². The monoisotopic (exact) mass is 173 g/mol. The zero-order valence-corrected chi connectivity index (χ0v) is 6.83. The minimum atomic E-state index is -0.661. The van der Waals surface area contributed by atoms with Crippen LogP contribution in [0.15, 0.2) is 0 Å². The van der Waals surface area contributed by atoms with Gasteiger partial charge in [0.25, 0.3) is 0 Å². The first-order valence-electron chi connectivity index (χ1n) is 3.82. The Morgan fingerprint density at radius 1 is 1.75 bits per heavy atom. The van der Waals surface area contributed by atoms with Gasteiger partial charge in [-0.05, 0) is 0 Å². The van der Waals surface area contributed by atoms with Gasteiger partial charge in [-0.25, -0.2) is 4.79 Å². The summed E-state index contributed by atoms with van der Waals surface area (Å²) in [4.78, 5) is 21.2. The summed E-state index contributed by atoms with van der Waals surface area (Å²) in [5.41, 5.74) is 0. The molecule has 68 valence electrons. The van der Waals surface area contributed by atoms with E-state index in [9.17, 15) is 9.59 Å². The van der Waals surface area contributed by atoms with Crippen molar-refractivity contribution in [2.75, 3.05) is 13.2 Å². The highest BCUT2D eigenvalue weighted by Gasteiger charge is 2.24. The third kappa shape index (κ3) is 2.41. The molecule has 5 heteroatoms. The predicted octanol–water partition coefficient (Wildman–Crippen LogP) is 0.0480. The van der Waals surface area contributed by atoms with E-state index >= 15 is 0 Å². The van der Waals surface area contributed by atoms with Gasteiger partial charge in [0.1, 0.15) is 6.61 Å². The Labute approximate surface area is 70.0 Å². The maximum absolute atomic E-state index is 10.8. The first-order valence-corrected chi connectivity index (χ1v) is 3.82. The van der Waals surface area contributed by atoms with Crippen molar-refractivity contribution in [3.63, 3.8) is 0 Å². The smallest absolute Gasteiger partial charge is 0.430 e. The van der Waals surface area contributed by atoms with Crippen LogP contribution in [0.1, 0.15) is 13.3 Å². The maximum atomic E-state index is 10.8. The average Bonchev–Trinajstić information content (AvgIpc) is 2.47. The Morgan fingerprint density at radius 2 is 2.50 bits per heavy atom.